The zero-order chi connectivity index (χ0) is 12.5. The Morgan fingerprint density at radius 1 is 1.24 bits per heavy atom. The van der Waals surface area contributed by atoms with Gasteiger partial charge >= 0.3 is 0 Å². The summed E-state index contributed by atoms with van der Waals surface area (Å²) < 4.78 is 10.7. The van der Waals surface area contributed by atoms with Crippen LogP contribution in [0.1, 0.15) is 24.2 Å². The van der Waals surface area contributed by atoms with Crippen LogP contribution in [0.2, 0.25) is 0 Å². The summed E-state index contributed by atoms with van der Waals surface area (Å²) in [5, 5.41) is 0. The molecule has 0 bridgehead atoms. The molecule has 0 aromatic carbocycles. The standard InChI is InChI=1S/C13H22N2O2/c1-11-5-6-13(12(15-11)7-8-14)17-10-4-3-9-16-2/h5-6H,3-4,7-10,14H2,1-2H3. The van der Waals surface area contributed by atoms with Crippen LogP contribution in [0.5, 0.6) is 5.75 Å². The first-order chi connectivity index (χ1) is 8.27. The number of nitrogens with two attached hydrogens (primary N) is 1. The maximum Gasteiger partial charge on any atom is 0.140 e. The Bertz CT molecular complexity index is 329. The van der Waals surface area contributed by atoms with Crippen LogP contribution in [-0.2, 0) is 11.2 Å². The highest BCUT2D eigenvalue weighted by molar-refractivity contribution is 5.29. The monoisotopic (exact) mass is 238 g/mol. The van der Waals surface area contributed by atoms with E-state index in [1.165, 1.54) is 0 Å². The van der Waals surface area contributed by atoms with Crippen molar-refractivity contribution in [3.05, 3.63) is 23.5 Å². The van der Waals surface area contributed by atoms with Gasteiger partial charge in [0.15, 0.2) is 0 Å². The first-order valence-electron chi connectivity index (χ1n) is 6.06. The summed E-state index contributed by atoms with van der Waals surface area (Å²) in [6.45, 7) is 4.05. The fourth-order valence-corrected chi connectivity index (χ4v) is 1.58. The lowest BCUT2D eigenvalue weighted by molar-refractivity contribution is 0.184. The minimum atomic E-state index is 0.594. The maximum absolute atomic E-state index is 5.72. The molecule has 0 aliphatic carbocycles. The first kappa shape index (κ1) is 13.9. The molecule has 96 valence electrons. The number of nitrogens with zero attached hydrogens (tertiary/aromatic N) is 1. The number of unbranched alkanes of at least 4 members (excludes halogenated alkanes) is 1. The van der Waals surface area contributed by atoms with Gasteiger partial charge in [-0.1, -0.05) is 0 Å². The van der Waals surface area contributed by atoms with Crippen LogP contribution in [0.4, 0.5) is 0 Å². The van der Waals surface area contributed by atoms with E-state index >= 15 is 0 Å². The highest BCUT2D eigenvalue weighted by Crippen LogP contribution is 2.17. The fraction of sp³-hybridized carbons (Fsp3) is 0.615. The minimum Gasteiger partial charge on any atom is -0.492 e. The summed E-state index contributed by atoms with van der Waals surface area (Å²) in [5.74, 6) is 0.860. The van der Waals surface area contributed by atoms with Gasteiger partial charge in [-0.3, -0.25) is 4.98 Å². The van der Waals surface area contributed by atoms with Gasteiger partial charge in [-0.15, -0.1) is 0 Å². The van der Waals surface area contributed by atoms with Crippen molar-refractivity contribution in [3.8, 4) is 5.75 Å². The van der Waals surface area contributed by atoms with E-state index in [-0.39, 0.29) is 0 Å². The van der Waals surface area contributed by atoms with Gasteiger partial charge in [0.05, 0.1) is 12.3 Å². The molecule has 0 aliphatic heterocycles. The molecule has 1 heterocycles. The van der Waals surface area contributed by atoms with Crippen molar-refractivity contribution in [3.63, 3.8) is 0 Å². The molecule has 0 fully saturated rings. The highest BCUT2D eigenvalue weighted by Gasteiger charge is 2.04. The van der Waals surface area contributed by atoms with Crippen LogP contribution in [-0.4, -0.2) is 31.9 Å². The predicted octanol–water partition coefficient (Wildman–Crippen LogP) is 1.70. The Balaban J connectivity index is 2.45. The average molecular weight is 238 g/mol. The molecule has 2 N–H and O–H groups in total. The van der Waals surface area contributed by atoms with E-state index in [4.69, 9.17) is 15.2 Å². The van der Waals surface area contributed by atoms with Crippen LogP contribution in [0, 0.1) is 6.92 Å². The Morgan fingerprint density at radius 2 is 2.00 bits per heavy atom. The largest absolute Gasteiger partial charge is 0.492 e. The van der Waals surface area contributed by atoms with Crippen molar-refractivity contribution in [1.82, 2.24) is 4.98 Å². The smallest absolute Gasteiger partial charge is 0.140 e. The topological polar surface area (TPSA) is 57.4 Å². The third-order valence-corrected chi connectivity index (χ3v) is 2.45. The van der Waals surface area contributed by atoms with Gasteiger partial charge in [-0.25, -0.2) is 0 Å². The second-order valence-corrected chi connectivity index (χ2v) is 3.98. The van der Waals surface area contributed by atoms with Crippen LogP contribution in [0.25, 0.3) is 0 Å². The molecule has 0 saturated carbocycles. The summed E-state index contributed by atoms with van der Waals surface area (Å²) in [4.78, 5) is 4.45. The Labute approximate surface area is 103 Å². The third kappa shape index (κ3) is 5.15. The molecule has 0 amide bonds. The second kappa shape index (κ2) is 8.03. The Kier molecular flexibility index (Phi) is 6.58. The van der Waals surface area contributed by atoms with E-state index in [1.54, 1.807) is 7.11 Å². The molecule has 0 radical (unpaired) electrons. The van der Waals surface area contributed by atoms with E-state index in [1.807, 2.05) is 19.1 Å². The molecular formula is C13H22N2O2. The SMILES string of the molecule is COCCCCOc1ccc(C)nc1CCN. The molecule has 4 nitrogen and oxygen atoms in total. The highest BCUT2D eigenvalue weighted by atomic mass is 16.5. The van der Waals surface area contributed by atoms with E-state index in [2.05, 4.69) is 4.98 Å². The van der Waals surface area contributed by atoms with E-state index in [9.17, 15) is 0 Å². The summed E-state index contributed by atoms with van der Waals surface area (Å²) >= 11 is 0. The van der Waals surface area contributed by atoms with Crippen molar-refractivity contribution < 1.29 is 9.47 Å². The van der Waals surface area contributed by atoms with E-state index in [0.717, 1.165) is 43.0 Å². The average Bonchev–Trinajstić information content (AvgIpc) is 2.32. The van der Waals surface area contributed by atoms with Crippen molar-refractivity contribution in [2.75, 3.05) is 26.9 Å². The van der Waals surface area contributed by atoms with Crippen LogP contribution >= 0.6 is 0 Å². The van der Waals surface area contributed by atoms with Crippen molar-refractivity contribution >= 4 is 0 Å². The van der Waals surface area contributed by atoms with Gasteiger partial charge in [0.2, 0.25) is 0 Å². The van der Waals surface area contributed by atoms with Gasteiger partial charge in [-0.2, -0.15) is 0 Å². The lowest BCUT2D eigenvalue weighted by Gasteiger charge is -2.10. The molecule has 1 aromatic heterocycles. The number of ether oxygens (including phenoxy) is 2. The lowest BCUT2D eigenvalue weighted by atomic mass is 10.2. The zero-order valence-electron chi connectivity index (χ0n) is 10.7. The first-order valence-corrected chi connectivity index (χ1v) is 6.06. The number of hydrogen-bond donors (Lipinski definition) is 1. The molecule has 0 unspecified atom stereocenters. The molecule has 1 aromatic rings. The number of aromatic nitrogens is 1. The normalized spacial score (nSPS) is 10.5. The van der Waals surface area contributed by atoms with Gasteiger partial charge in [0.1, 0.15) is 5.75 Å². The van der Waals surface area contributed by atoms with E-state index < -0.39 is 0 Å². The number of aryl methyl sites for hydroxylation is 1. The molecule has 0 saturated heterocycles. The molecule has 1 rings (SSSR count). The van der Waals surface area contributed by atoms with Gasteiger partial charge in [-0.05, 0) is 38.4 Å². The van der Waals surface area contributed by atoms with Gasteiger partial charge in [0.25, 0.3) is 0 Å². The number of methoxy groups -OCH3 is 1. The van der Waals surface area contributed by atoms with Crippen molar-refractivity contribution in [2.24, 2.45) is 5.73 Å². The zero-order valence-corrected chi connectivity index (χ0v) is 10.7. The molecule has 17 heavy (non-hydrogen) atoms. The van der Waals surface area contributed by atoms with Crippen molar-refractivity contribution in [1.29, 1.82) is 0 Å². The quantitative estimate of drug-likeness (QED) is 0.700. The Hall–Kier alpha value is -1.13. The molecular weight excluding hydrogens is 216 g/mol. The molecule has 0 atom stereocenters. The summed E-state index contributed by atoms with van der Waals surface area (Å²) in [5.41, 5.74) is 7.52. The molecule has 0 aliphatic rings. The van der Waals surface area contributed by atoms with Crippen LogP contribution in [0.3, 0.4) is 0 Å². The Morgan fingerprint density at radius 3 is 2.71 bits per heavy atom. The minimum absolute atomic E-state index is 0.594. The van der Waals surface area contributed by atoms with Crippen LogP contribution in [0.15, 0.2) is 12.1 Å². The summed E-state index contributed by atoms with van der Waals surface area (Å²) in [7, 11) is 1.71. The van der Waals surface area contributed by atoms with Crippen LogP contribution < -0.4 is 10.5 Å². The second-order valence-electron chi connectivity index (χ2n) is 3.98. The predicted molar refractivity (Wildman–Crippen MR) is 68.3 cm³/mol. The molecule has 0 spiro atoms. The lowest BCUT2D eigenvalue weighted by Crippen LogP contribution is -2.08. The number of rotatable bonds is 8. The van der Waals surface area contributed by atoms with Gasteiger partial charge in [0, 0.05) is 25.8 Å². The number of hydrogen-bond acceptors (Lipinski definition) is 4. The summed E-state index contributed by atoms with van der Waals surface area (Å²) in [6, 6.07) is 3.94. The number of pyridine rings is 1. The summed E-state index contributed by atoms with van der Waals surface area (Å²) in [6.07, 6.45) is 2.76. The van der Waals surface area contributed by atoms with Gasteiger partial charge < -0.3 is 15.2 Å². The van der Waals surface area contributed by atoms with Crippen molar-refractivity contribution in [2.45, 2.75) is 26.2 Å². The molecule has 4 heteroatoms. The third-order valence-electron chi connectivity index (χ3n) is 2.45. The maximum atomic E-state index is 5.72. The van der Waals surface area contributed by atoms with E-state index in [0.29, 0.717) is 13.2 Å². The fourth-order valence-electron chi connectivity index (χ4n) is 1.58.